The summed E-state index contributed by atoms with van der Waals surface area (Å²) in [5.41, 5.74) is 5.17. The third kappa shape index (κ3) is 4.14. The number of fused-ring (bicyclic) bond motifs is 5. The van der Waals surface area contributed by atoms with Crippen molar-refractivity contribution in [1.82, 2.24) is 10.4 Å². The second-order valence-corrected chi connectivity index (χ2v) is 11.7. The Labute approximate surface area is 204 Å². The molecule has 0 spiro atoms. The predicted octanol–water partition coefficient (Wildman–Crippen LogP) is 5.63. The van der Waals surface area contributed by atoms with Crippen LogP contribution in [0.1, 0.15) is 88.9 Å². The number of pyridine rings is 1. The summed E-state index contributed by atoms with van der Waals surface area (Å²) in [4.78, 5) is 16.4. The highest BCUT2D eigenvalue weighted by atomic mass is 35.5. The lowest BCUT2D eigenvalue weighted by molar-refractivity contribution is -0.123. The van der Waals surface area contributed by atoms with E-state index in [1.807, 2.05) is 0 Å². The Morgan fingerprint density at radius 2 is 1.73 bits per heavy atom. The molecule has 0 saturated heterocycles. The molecule has 0 radical (unpaired) electrons. The maximum absolute atomic E-state index is 12.4. The van der Waals surface area contributed by atoms with E-state index in [1.54, 1.807) is 24.5 Å². The first-order chi connectivity index (χ1) is 15.3. The average Bonchev–Trinajstić information content (AvgIpc) is 3.15. The van der Waals surface area contributed by atoms with E-state index in [0.29, 0.717) is 22.8 Å². The molecule has 2 N–H and O–H groups in total. The zero-order chi connectivity index (χ0) is 22.5. The van der Waals surface area contributed by atoms with Crippen LogP contribution in [-0.2, 0) is 0 Å². The molecule has 5 unspecified atom stereocenters. The quantitative estimate of drug-likeness (QED) is 0.441. The number of aliphatic hydroxyl groups excluding tert-OH is 1. The van der Waals surface area contributed by atoms with Crippen LogP contribution in [0.25, 0.3) is 0 Å². The summed E-state index contributed by atoms with van der Waals surface area (Å²) >= 11 is 0. The van der Waals surface area contributed by atoms with Crippen LogP contribution in [0, 0.1) is 40.4 Å². The Kier molecular flexibility index (Phi) is 6.95. The fraction of sp³-hybridized carbons (Fsp3) is 0.741. The van der Waals surface area contributed by atoms with E-state index in [0.717, 1.165) is 36.3 Å². The molecule has 1 heterocycles. The Morgan fingerprint density at radius 1 is 1.03 bits per heavy atom. The molecule has 4 aliphatic carbocycles. The van der Waals surface area contributed by atoms with Gasteiger partial charge in [0.05, 0.1) is 6.10 Å². The van der Waals surface area contributed by atoms with Crippen molar-refractivity contribution >= 4 is 24.0 Å². The molecule has 1 aromatic rings. The van der Waals surface area contributed by atoms with Crippen molar-refractivity contribution in [3.8, 4) is 0 Å². The Morgan fingerprint density at radius 3 is 2.48 bits per heavy atom. The first-order valence-electron chi connectivity index (χ1n) is 12.8. The number of halogens is 1. The highest BCUT2D eigenvalue weighted by molar-refractivity contribution is 5.95. The standard InChI is InChI=1S/C27H39N3O2.ClH/c1-17(29-30-25(32)18-10-14-28-15-11-18)22-6-7-23-21-5-4-19-16-20(31)8-12-26(19,2)24(21)9-13-27(22,23)3;/h10-11,14-15,19-24,31H,4-9,12-13,16H2,1-3H3,(H,30,32);1H/t19-,20?,21?,22?,23?,24?,26-,27+;/m0./s1. The molecule has 5 rings (SSSR count). The molecular formula is C27H40ClN3O2. The molecule has 5 nitrogen and oxygen atoms in total. The molecule has 0 aliphatic heterocycles. The second kappa shape index (κ2) is 9.30. The normalized spacial score (nSPS) is 42.4. The summed E-state index contributed by atoms with van der Waals surface area (Å²) in [6.07, 6.45) is 14.1. The molecule has 8 atom stereocenters. The van der Waals surface area contributed by atoms with Crippen LogP contribution in [0.5, 0.6) is 0 Å². The number of hydrazone groups is 1. The molecule has 1 amide bonds. The number of carbonyl (C=O) groups excluding carboxylic acids is 1. The molecule has 4 fully saturated rings. The lowest BCUT2D eigenvalue weighted by Gasteiger charge is -2.61. The summed E-state index contributed by atoms with van der Waals surface area (Å²) in [5, 5.41) is 14.8. The van der Waals surface area contributed by atoms with Crippen LogP contribution >= 0.6 is 12.4 Å². The maximum Gasteiger partial charge on any atom is 0.271 e. The highest BCUT2D eigenvalue weighted by Crippen LogP contribution is 2.67. The van der Waals surface area contributed by atoms with Crippen molar-refractivity contribution in [2.24, 2.45) is 45.5 Å². The van der Waals surface area contributed by atoms with Gasteiger partial charge < -0.3 is 5.11 Å². The average molecular weight is 474 g/mol. The van der Waals surface area contributed by atoms with Gasteiger partial charge >= 0.3 is 0 Å². The molecule has 33 heavy (non-hydrogen) atoms. The van der Waals surface area contributed by atoms with Gasteiger partial charge in [-0.25, -0.2) is 5.43 Å². The largest absolute Gasteiger partial charge is 0.393 e. The number of hydrogen-bond acceptors (Lipinski definition) is 4. The van der Waals surface area contributed by atoms with E-state index >= 15 is 0 Å². The van der Waals surface area contributed by atoms with E-state index < -0.39 is 0 Å². The number of rotatable bonds is 3. The number of aliphatic hydroxyl groups is 1. The number of nitrogens with zero attached hydrogens (tertiary/aromatic N) is 2. The molecular weight excluding hydrogens is 434 g/mol. The van der Waals surface area contributed by atoms with Gasteiger partial charge in [-0.1, -0.05) is 13.8 Å². The molecule has 182 valence electrons. The molecule has 6 heteroatoms. The van der Waals surface area contributed by atoms with E-state index in [1.165, 1.54) is 44.9 Å². The molecule has 0 bridgehead atoms. The van der Waals surface area contributed by atoms with Gasteiger partial charge in [0.2, 0.25) is 0 Å². The number of hydrogen-bond donors (Lipinski definition) is 2. The summed E-state index contributed by atoms with van der Waals surface area (Å²) in [7, 11) is 0. The van der Waals surface area contributed by atoms with Crippen molar-refractivity contribution in [1.29, 1.82) is 0 Å². The van der Waals surface area contributed by atoms with Gasteiger partial charge in [-0.15, -0.1) is 12.4 Å². The van der Waals surface area contributed by atoms with Crippen LogP contribution in [0.4, 0.5) is 0 Å². The lowest BCUT2D eigenvalue weighted by atomic mass is 9.44. The fourth-order valence-corrected chi connectivity index (χ4v) is 8.71. The number of carbonyl (C=O) groups is 1. The predicted molar refractivity (Wildman–Crippen MR) is 133 cm³/mol. The first kappa shape index (κ1) is 24.7. The number of amides is 1. The van der Waals surface area contributed by atoms with Gasteiger partial charge in [-0.2, -0.15) is 5.10 Å². The van der Waals surface area contributed by atoms with Gasteiger partial charge in [0.1, 0.15) is 0 Å². The van der Waals surface area contributed by atoms with Gasteiger partial charge in [0, 0.05) is 29.6 Å². The summed E-state index contributed by atoms with van der Waals surface area (Å²) in [6, 6.07) is 3.44. The van der Waals surface area contributed by atoms with E-state index in [9.17, 15) is 9.90 Å². The van der Waals surface area contributed by atoms with Gasteiger partial charge in [0.25, 0.3) is 5.91 Å². The molecule has 4 saturated carbocycles. The van der Waals surface area contributed by atoms with Crippen LogP contribution in [-0.4, -0.2) is 27.8 Å². The van der Waals surface area contributed by atoms with Crippen molar-refractivity contribution in [2.75, 3.05) is 0 Å². The monoisotopic (exact) mass is 473 g/mol. The van der Waals surface area contributed by atoms with Crippen LogP contribution in [0.2, 0.25) is 0 Å². The Balaban J connectivity index is 0.00000259. The minimum absolute atomic E-state index is 0. The minimum atomic E-state index is -0.166. The Bertz CT molecular complexity index is 893. The lowest BCUT2D eigenvalue weighted by Crippen LogP contribution is -2.54. The number of nitrogens with one attached hydrogen (secondary N) is 1. The van der Waals surface area contributed by atoms with E-state index in [4.69, 9.17) is 0 Å². The van der Waals surface area contributed by atoms with Crippen molar-refractivity contribution in [2.45, 2.75) is 84.7 Å². The van der Waals surface area contributed by atoms with Crippen LogP contribution < -0.4 is 5.43 Å². The zero-order valence-corrected chi connectivity index (χ0v) is 21.1. The summed E-state index contributed by atoms with van der Waals surface area (Å²) < 4.78 is 0. The van der Waals surface area contributed by atoms with Crippen LogP contribution in [0.15, 0.2) is 29.6 Å². The Hall–Kier alpha value is -1.46. The second-order valence-electron chi connectivity index (χ2n) is 11.7. The maximum atomic E-state index is 12.4. The minimum Gasteiger partial charge on any atom is -0.393 e. The third-order valence-corrected chi connectivity index (χ3v) is 10.4. The molecule has 0 aromatic carbocycles. The fourth-order valence-electron chi connectivity index (χ4n) is 8.71. The van der Waals surface area contributed by atoms with Crippen LogP contribution in [0.3, 0.4) is 0 Å². The van der Waals surface area contributed by atoms with Gasteiger partial charge in [-0.3, -0.25) is 9.78 Å². The van der Waals surface area contributed by atoms with Gasteiger partial charge in [-0.05, 0) is 111 Å². The summed E-state index contributed by atoms with van der Waals surface area (Å²) in [6.45, 7) is 7.17. The summed E-state index contributed by atoms with van der Waals surface area (Å²) in [5.74, 6) is 3.38. The molecule has 1 aromatic heterocycles. The van der Waals surface area contributed by atoms with Gasteiger partial charge in [0.15, 0.2) is 0 Å². The molecule has 4 aliphatic rings. The zero-order valence-electron chi connectivity index (χ0n) is 20.3. The van der Waals surface area contributed by atoms with Crippen molar-refractivity contribution in [3.63, 3.8) is 0 Å². The van der Waals surface area contributed by atoms with E-state index in [-0.39, 0.29) is 29.8 Å². The highest BCUT2D eigenvalue weighted by Gasteiger charge is 2.60. The topological polar surface area (TPSA) is 74.6 Å². The SMILES string of the molecule is CC(=NNC(=O)c1ccncc1)C1CCC2C3CC[C@H]4CC(O)CC[C@]4(C)C3CC[C@]12C.Cl. The number of aromatic nitrogens is 1. The third-order valence-electron chi connectivity index (χ3n) is 10.4. The van der Waals surface area contributed by atoms with E-state index in [2.05, 4.69) is 36.3 Å². The smallest absolute Gasteiger partial charge is 0.271 e. The first-order valence-corrected chi connectivity index (χ1v) is 12.8. The van der Waals surface area contributed by atoms with Crippen molar-refractivity contribution < 1.29 is 9.90 Å². The van der Waals surface area contributed by atoms with Crippen molar-refractivity contribution in [3.05, 3.63) is 30.1 Å².